The van der Waals surface area contributed by atoms with Crippen molar-refractivity contribution in [3.8, 4) is 0 Å². The number of carbonyl (C=O) groups excluding carboxylic acids is 1. The van der Waals surface area contributed by atoms with Gasteiger partial charge in [0.05, 0.1) is 18.4 Å². The molecular formula is C14H18N2O3. The van der Waals surface area contributed by atoms with E-state index in [4.69, 9.17) is 9.94 Å². The SMILES string of the molecule is CC[C@H](CO)NC(=O)C1CC(c2ccccc2)=NO1. The van der Waals surface area contributed by atoms with Crippen LogP contribution in [0.15, 0.2) is 35.5 Å². The van der Waals surface area contributed by atoms with Crippen LogP contribution in [0, 0.1) is 0 Å². The number of nitrogens with zero attached hydrogens (tertiary/aromatic N) is 1. The van der Waals surface area contributed by atoms with E-state index in [1.54, 1.807) is 0 Å². The maximum atomic E-state index is 11.9. The second kappa shape index (κ2) is 6.33. The molecule has 0 fully saturated rings. The van der Waals surface area contributed by atoms with E-state index in [2.05, 4.69) is 10.5 Å². The Morgan fingerprint density at radius 3 is 2.89 bits per heavy atom. The summed E-state index contributed by atoms with van der Waals surface area (Å²) in [6.45, 7) is 1.84. The molecule has 0 saturated carbocycles. The van der Waals surface area contributed by atoms with Crippen molar-refractivity contribution in [1.82, 2.24) is 5.32 Å². The molecule has 1 aromatic carbocycles. The summed E-state index contributed by atoms with van der Waals surface area (Å²) in [5, 5.41) is 15.8. The fourth-order valence-corrected chi connectivity index (χ4v) is 1.89. The summed E-state index contributed by atoms with van der Waals surface area (Å²) in [4.78, 5) is 17.1. The first kappa shape index (κ1) is 13.5. The summed E-state index contributed by atoms with van der Waals surface area (Å²) in [6.07, 6.45) is 0.537. The zero-order chi connectivity index (χ0) is 13.7. The van der Waals surface area contributed by atoms with Crippen molar-refractivity contribution in [3.63, 3.8) is 0 Å². The van der Waals surface area contributed by atoms with Crippen molar-refractivity contribution in [1.29, 1.82) is 0 Å². The van der Waals surface area contributed by atoms with Gasteiger partial charge in [0.15, 0.2) is 0 Å². The smallest absolute Gasteiger partial charge is 0.264 e. The normalized spacial score (nSPS) is 19.5. The summed E-state index contributed by atoms with van der Waals surface area (Å²) in [5.41, 5.74) is 1.74. The molecule has 1 heterocycles. The molecular weight excluding hydrogens is 244 g/mol. The molecule has 0 saturated heterocycles. The first-order valence-electron chi connectivity index (χ1n) is 6.44. The third-order valence-electron chi connectivity index (χ3n) is 3.13. The number of benzene rings is 1. The maximum Gasteiger partial charge on any atom is 0.264 e. The largest absolute Gasteiger partial charge is 0.394 e. The van der Waals surface area contributed by atoms with Crippen LogP contribution in [0.2, 0.25) is 0 Å². The van der Waals surface area contributed by atoms with Gasteiger partial charge in [-0.25, -0.2) is 0 Å². The van der Waals surface area contributed by atoms with Crippen LogP contribution < -0.4 is 5.32 Å². The number of rotatable bonds is 5. The van der Waals surface area contributed by atoms with Gasteiger partial charge in [-0.05, 0) is 12.0 Å². The lowest BCUT2D eigenvalue weighted by Crippen LogP contribution is -2.43. The van der Waals surface area contributed by atoms with E-state index in [0.717, 1.165) is 11.3 Å². The highest BCUT2D eigenvalue weighted by molar-refractivity contribution is 6.04. The Hall–Kier alpha value is -1.88. The molecule has 1 amide bonds. The third kappa shape index (κ3) is 3.32. The average Bonchev–Trinajstić information content (AvgIpc) is 2.95. The molecule has 5 heteroatoms. The zero-order valence-corrected chi connectivity index (χ0v) is 10.9. The highest BCUT2D eigenvalue weighted by atomic mass is 16.6. The standard InChI is InChI=1S/C14H18N2O3/c1-2-11(9-17)15-14(18)13-8-12(16-19-13)10-6-4-3-5-7-10/h3-7,11,13,17H,2,8-9H2,1H3,(H,15,18)/t11-,13?/m1/s1. The van der Waals surface area contributed by atoms with Crippen molar-refractivity contribution in [2.45, 2.75) is 31.9 Å². The molecule has 102 valence electrons. The van der Waals surface area contributed by atoms with E-state index >= 15 is 0 Å². The average molecular weight is 262 g/mol. The van der Waals surface area contributed by atoms with Crippen molar-refractivity contribution in [3.05, 3.63) is 35.9 Å². The van der Waals surface area contributed by atoms with E-state index in [9.17, 15) is 4.79 Å². The van der Waals surface area contributed by atoms with Gasteiger partial charge >= 0.3 is 0 Å². The van der Waals surface area contributed by atoms with Gasteiger partial charge in [-0.2, -0.15) is 0 Å². The summed E-state index contributed by atoms with van der Waals surface area (Å²) in [5.74, 6) is -0.226. The summed E-state index contributed by atoms with van der Waals surface area (Å²) in [6, 6.07) is 9.42. The van der Waals surface area contributed by atoms with Crippen LogP contribution >= 0.6 is 0 Å². The molecule has 1 aliphatic heterocycles. The van der Waals surface area contributed by atoms with Crippen molar-refractivity contribution in [2.24, 2.45) is 5.16 Å². The van der Waals surface area contributed by atoms with Crippen LogP contribution in [0.1, 0.15) is 25.3 Å². The fraction of sp³-hybridized carbons (Fsp3) is 0.429. The Bertz CT molecular complexity index is 455. The lowest BCUT2D eigenvalue weighted by Gasteiger charge is -2.16. The zero-order valence-electron chi connectivity index (χ0n) is 10.9. The molecule has 0 radical (unpaired) electrons. The number of aliphatic hydroxyl groups is 1. The molecule has 1 unspecified atom stereocenters. The molecule has 2 rings (SSSR count). The third-order valence-corrected chi connectivity index (χ3v) is 3.13. The van der Waals surface area contributed by atoms with Crippen LogP contribution in [-0.4, -0.2) is 35.5 Å². The maximum absolute atomic E-state index is 11.9. The van der Waals surface area contributed by atoms with E-state index in [0.29, 0.717) is 12.8 Å². The number of carbonyl (C=O) groups is 1. The number of hydrogen-bond donors (Lipinski definition) is 2. The number of amides is 1. The van der Waals surface area contributed by atoms with Gasteiger partial charge in [0.2, 0.25) is 6.10 Å². The van der Waals surface area contributed by atoms with Gasteiger partial charge in [-0.15, -0.1) is 0 Å². The Morgan fingerprint density at radius 1 is 1.53 bits per heavy atom. The van der Waals surface area contributed by atoms with Crippen LogP contribution in [0.3, 0.4) is 0 Å². The van der Waals surface area contributed by atoms with Gasteiger partial charge in [0.1, 0.15) is 0 Å². The van der Waals surface area contributed by atoms with Crippen molar-refractivity contribution in [2.75, 3.05) is 6.61 Å². The molecule has 19 heavy (non-hydrogen) atoms. The van der Waals surface area contributed by atoms with Gasteiger partial charge in [-0.1, -0.05) is 42.4 Å². The Balaban J connectivity index is 1.92. The van der Waals surface area contributed by atoms with E-state index in [1.807, 2.05) is 37.3 Å². The lowest BCUT2D eigenvalue weighted by molar-refractivity contribution is -0.132. The monoisotopic (exact) mass is 262 g/mol. The molecule has 0 spiro atoms. The molecule has 2 N–H and O–H groups in total. The first-order valence-corrected chi connectivity index (χ1v) is 6.44. The molecule has 2 atom stereocenters. The van der Waals surface area contributed by atoms with Gasteiger partial charge < -0.3 is 15.3 Å². The van der Waals surface area contributed by atoms with Crippen LogP contribution in [0.25, 0.3) is 0 Å². The van der Waals surface area contributed by atoms with Crippen molar-refractivity contribution >= 4 is 11.6 Å². The van der Waals surface area contributed by atoms with E-state index in [1.165, 1.54) is 0 Å². The summed E-state index contributed by atoms with van der Waals surface area (Å²) in [7, 11) is 0. The quantitative estimate of drug-likeness (QED) is 0.833. The van der Waals surface area contributed by atoms with Crippen LogP contribution in [-0.2, 0) is 9.63 Å². The fourth-order valence-electron chi connectivity index (χ4n) is 1.89. The topological polar surface area (TPSA) is 70.9 Å². The van der Waals surface area contributed by atoms with E-state index < -0.39 is 6.10 Å². The van der Waals surface area contributed by atoms with E-state index in [-0.39, 0.29) is 18.6 Å². The molecule has 1 aliphatic rings. The molecule has 0 aromatic heterocycles. The van der Waals surface area contributed by atoms with Crippen LogP contribution in [0.4, 0.5) is 0 Å². The Kier molecular flexibility index (Phi) is 4.52. The van der Waals surface area contributed by atoms with Gasteiger partial charge in [-0.3, -0.25) is 4.79 Å². The Labute approximate surface area is 112 Å². The molecule has 5 nitrogen and oxygen atoms in total. The minimum atomic E-state index is -0.601. The van der Waals surface area contributed by atoms with Crippen molar-refractivity contribution < 1.29 is 14.7 Å². The highest BCUT2D eigenvalue weighted by Crippen LogP contribution is 2.16. The van der Waals surface area contributed by atoms with Gasteiger partial charge in [0.25, 0.3) is 5.91 Å². The highest BCUT2D eigenvalue weighted by Gasteiger charge is 2.29. The predicted octanol–water partition coefficient (Wildman–Crippen LogP) is 1.07. The summed E-state index contributed by atoms with van der Waals surface area (Å²) < 4.78 is 0. The second-order valence-electron chi connectivity index (χ2n) is 4.50. The molecule has 0 aliphatic carbocycles. The van der Waals surface area contributed by atoms with Gasteiger partial charge in [0, 0.05) is 6.42 Å². The minimum absolute atomic E-state index is 0.0681. The molecule has 1 aromatic rings. The number of nitrogens with one attached hydrogen (secondary N) is 1. The first-order chi connectivity index (χ1) is 9.24. The summed E-state index contributed by atoms with van der Waals surface area (Å²) >= 11 is 0. The number of hydrogen-bond acceptors (Lipinski definition) is 4. The second-order valence-corrected chi connectivity index (χ2v) is 4.50. The Morgan fingerprint density at radius 2 is 2.26 bits per heavy atom. The number of oxime groups is 1. The number of aliphatic hydroxyl groups excluding tert-OH is 1. The minimum Gasteiger partial charge on any atom is -0.394 e. The molecule has 0 bridgehead atoms. The predicted molar refractivity (Wildman–Crippen MR) is 71.8 cm³/mol. The lowest BCUT2D eigenvalue weighted by atomic mass is 10.0. The van der Waals surface area contributed by atoms with Crippen LogP contribution in [0.5, 0.6) is 0 Å².